The fourth-order valence-electron chi connectivity index (χ4n) is 1.11. The Morgan fingerprint density at radius 1 is 1.82 bits per heavy atom. The molecule has 1 rings (SSSR count). The maximum absolute atomic E-state index is 11.0. The molecule has 1 heterocycles. The van der Waals surface area contributed by atoms with Crippen molar-refractivity contribution >= 4 is 5.91 Å². The molecule has 4 N–H and O–H groups in total. The molecule has 11 heavy (non-hydrogen) atoms. The SMILES string of the molecule is CC(N)C(=O)NC1CCNC1. The predicted molar refractivity (Wildman–Crippen MR) is 43.1 cm³/mol. The highest BCUT2D eigenvalue weighted by atomic mass is 16.2. The van der Waals surface area contributed by atoms with Gasteiger partial charge in [0.05, 0.1) is 6.04 Å². The summed E-state index contributed by atoms with van der Waals surface area (Å²) >= 11 is 0. The lowest BCUT2D eigenvalue weighted by Gasteiger charge is -2.12. The molecule has 0 aromatic carbocycles. The summed E-state index contributed by atoms with van der Waals surface area (Å²) < 4.78 is 0. The lowest BCUT2D eigenvalue weighted by molar-refractivity contribution is -0.122. The van der Waals surface area contributed by atoms with Crippen molar-refractivity contribution in [3.63, 3.8) is 0 Å². The molecule has 0 aliphatic carbocycles. The van der Waals surface area contributed by atoms with Crippen molar-refractivity contribution < 1.29 is 4.79 Å². The number of carbonyl (C=O) groups is 1. The summed E-state index contributed by atoms with van der Waals surface area (Å²) in [5.74, 6) is -0.0568. The minimum absolute atomic E-state index is 0.0568. The summed E-state index contributed by atoms with van der Waals surface area (Å²) in [7, 11) is 0. The summed E-state index contributed by atoms with van der Waals surface area (Å²) in [5, 5.41) is 6.01. The highest BCUT2D eigenvalue weighted by molar-refractivity contribution is 5.81. The summed E-state index contributed by atoms with van der Waals surface area (Å²) in [6.07, 6.45) is 1.01. The van der Waals surface area contributed by atoms with Gasteiger partial charge < -0.3 is 16.4 Å². The van der Waals surface area contributed by atoms with Gasteiger partial charge in [0.15, 0.2) is 0 Å². The average Bonchev–Trinajstić information content (AvgIpc) is 2.39. The minimum atomic E-state index is -0.393. The van der Waals surface area contributed by atoms with E-state index in [0.29, 0.717) is 0 Å². The van der Waals surface area contributed by atoms with Crippen molar-refractivity contribution in [2.75, 3.05) is 13.1 Å². The van der Waals surface area contributed by atoms with E-state index in [0.717, 1.165) is 19.5 Å². The van der Waals surface area contributed by atoms with Crippen molar-refractivity contribution in [1.82, 2.24) is 10.6 Å². The van der Waals surface area contributed by atoms with Crippen molar-refractivity contribution in [3.8, 4) is 0 Å². The lowest BCUT2D eigenvalue weighted by Crippen LogP contribution is -2.44. The van der Waals surface area contributed by atoms with Crippen LogP contribution in [0.15, 0.2) is 0 Å². The van der Waals surface area contributed by atoms with E-state index < -0.39 is 6.04 Å². The second-order valence-electron chi connectivity index (χ2n) is 2.99. The Kier molecular flexibility index (Phi) is 2.84. The maximum Gasteiger partial charge on any atom is 0.236 e. The standard InChI is InChI=1S/C7H15N3O/c1-5(8)7(11)10-6-2-3-9-4-6/h5-6,9H,2-4,8H2,1H3,(H,10,11). The second kappa shape index (κ2) is 3.69. The summed E-state index contributed by atoms with van der Waals surface area (Å²) in [6.45, 7) is 3.56. The van der Waals surface area contributed by atoms with E-state index in [-0.39, 0.29) is 11.9 Å². The summed E-state index contributed by atoms with van der Waals surface area (Å²) in [6, 6.07) is -0.107. The molecular weight excluding hydrogens is 142 g/mol. The van der Waals surface area contributed by atoms with Crippen LogP contribution in [0.3, 0.4) is 0 Å². The van der Waals surface area contributed by atoms with Gasteiger partial charge in [0.1, 0.15) is 0 Å². The van der Waals surface area contributed by atoms with Gasteiger partial charge in [-0.05, 0) is 19.9 Å². The third kappa shape index (κ3) is 2.48. The molecule has 2 atom stereocenters. The molecule has 1 aliphatic rings. The molecule has 64 valence electrons. The summed E-state index contributed by atoms with van der Waals surface area (Å²) in [4.78, 5) is 11.0. The van der Waals surface area contributed by atoms with Crippen molar-refractivity contribution in [2.45, 2.75) is 25.4 Å². The topological polar surface area (TPSA) is 67.2 Å². The number of nitrogens with two attached hydrogens (primary N) is 1. The first kappa shape index (κ1) is 8.49. The van der Waals surface area contributed by atoms with Crippen molar-refractivity contribution in [1.29, 1.82) is 0 Å². The summed E-state index contributed by atoms with van der Waals surface area (Å²) in [5.41, 5.74) is 5.38. The minimum Gasteiger partial charge on any atom is -0.351 e. The average molecular weight is 157 g/mol. The van der Waals surface area contributed by atoms with Crippen LogP contribution in [0.2, 0.25) is 0 Å². The van der Waals surface area contributed by atoms with Crippen LogP contribution >= 0.6 is 0 Å². The third-order valence-corrected chi connectivity index (χ3v) is 1.82. The largest absolute Gasteiger partial charge is 0.351 e. The fraction of sp³-hybridized carbons (Fsp3) is 0.857. The smallest absolute Gasteiger partial charge is 0.236 e. The molecule has 2 unspecified atom stereocenters. The zero-order chi connectivity index (χ0) is 8.27. The molecule has 1 amide bonds. The van der Waals surface area contributed by atoms with Gasteiger partial charge in [-0.15, -0.1) is 0 Å². The fourth-order valence-corrected chi connectivity index (χ4v) is 1.11. The molecule has 0 bridgehead atoms. The molecular formula is C7H15N3O. The number of hydrogen-bond donors (Lipinski definition) is 3. The highest BCUT2D eigenvalue weighted by Gasteiger charge is 2.17. The molecule has 1 saturated heterocycles. The van der Waals surface area contributed by atoms with Gasteiger partial charge in [-0.25, -0.2) is 0 Å². The van der Waals surface area contributed by atoms with Crippen LogP contribution in [0, 0.1) is 0 Å². The van der Waals surface area contributed by atoms with Gasteiger partial charge in [0, 0.05) is 12.6 Å². The maximum atomic E-state index is 11.0. The molecule has 0 aromatic heterocycles. The molecule has 4 nitrogen and oxygen atoms in total. The van der Waals surface area contributed by atoms with Crippen LogP contribution in [0.4, 0.5) is 0 Å². The molecule has 0 radical (unpaired) electrons. The first-order valence-electron chi connectivity index (χ1n) is 3.97. The number of amides is 1. The second-order valence-corrected chi connectivity index (χ2v) is 2.99. The first-order valence-corrected chi connectivity index (χ1v) is 3.97. The molecule has 1 aliphatic heterocycles. The van der Waals surface area contributed by atoms with Crippen molar-refractivity contribution in [2.24, 2.45) is 5.73 Å². The van der Waals surface area contributed by atoms with Gasteiger partial charge in [0.25, 0.3) is 0 Å². The van der Waals surface area contributed by atoms with Gasteiger partial charge in [-0.3, -0.25) is 4.79 Å². The Balaban J connectivity index is 2.24. The van der Waals surface area contributed by atoms with E-state index in [1.165, 1.54) is 0 Å². The van der Waals surface area contributed by atoms with Gasteiger partial charge in [-0.2, -0.15) is 0 Å². The van der Waals surface area contributed by atoms with E-state index >= 15 is 0 Å². The predicted octanol–water partition coefficient (Wildman–Crippen LogP) is -1.19. The zero-order valence-electron chi connectivity index (χ0n) is 6.76. The van der Waals surface area contributed by atoms with Crippen LogP contribution in [-0.2, 0) is 4.79 Å². The first-order chi connectivity index (χ1) is 5.20. The Bertz CT molecular complexity index is 141. The quantitative estimate of drug-likeness (QED) is 0.472. The van der Waals surface area contributed by atoms with E-state index in [4.69, 9.17) is 5.73 Å². The highest BCUT2D eigenvalue weighted by Crippen LogP contribution is 1.96. The molecule has 0 aromatic rings. The number of hydrogen-bond acceptors (Lipinski definition) is 3. The number of rotatable bonds is 2. The zero-order valence-corrected chi connectivity index (χ0v) is 6.76. The van der Waals surface area contributed by atoms with Crippen LogP contribution in [-0.4, -0.2) is 31.1 Å². The van der Waals surface area contributed by atoms with Crippen LogP contribution < -0.4 is 16.4 Å². The molecule has 1 fully saturated rings. The third-order valence-electron chi connectivity index (χ3n) is 1.82. The number of nitrogens with one attached hydrogen (secondary N) is 2. The Labute approximate surface area is 66.5 Å². The number of carbonyl (C=O) groups excluding carboxylic acids is 1. The molecule has 0 spiro atoms. The van der Waals surface area contributed by atoms with Crippen molar-refractivity contribution in [3.05, 3.63) is 0 Å². The molecule has 4 heteroatoms. The van der Waals surface area contributed by atoms with Crippen LogP contribution in [0.5, 0.6) is 0 Å². The van der Waals surface area contributed by atoms with E-state index in [1.54, 1.807) is 6.92 Å². The Morgan fingerprint density at radius 3 is 3.00 bits per heavy atom. The Hall–Kier alpha value is -0.610. The lowest BCUT2D eigenvalue weighted by atomic mass is 10.2. The van der Waals surface area contributed by atoms with Gasteiger partial charge >= 0.3 is 0 Å². The van der Waals surface area contributed by atoms with Crippen LogP contribution in [0.1, 0.15) is 13.3 Å². The van der Waals surface area contributed by atoms with Crippen LogP contribution in [0.25, 0.3) is 0 Å². The van der Waals surface area contributed by atoms with E-state index in [9.17, 15) is 4.79 Å². The van der Waals surface area contributed by atoms with Gasteiger partial charge in [0.2, 0.25) is 5.91 Å². The normalized spacial score (nSPS) is 26.5. The molecule has 0 saturated carbocycles. The van der Waals surface area contributed by atoms with E-state index in [2.05, 4.69) is 10.6 Å². The Morgan fingerprint density at radius 2 is 2.55 bits per heavy atom. The van der Waals surface area contributed by atoms with E-state index in [1.807, 2.05) is 0 Å². The monoisotopic (exact) mass is 157 g/mol. The van der Waals surface area contributed by atoms with Gasteiger partial charge in [-0.1, -0.05) is 0 Å².